The van der Waals surface area contributed by atoms with Crippen LogP contribution in [0.2, 0.25) is 5.02 Å². The molecule has 0 saturated carbocycles. The van der Waals surface area contributed by atoms with Gasteiger partial charge >= 0.3 is 5.97 Å². The Bertz CT molecular complexity index is 1020. The SMILES string of the molecule is CCOC(=O)c1cc(-c2ccc(Cl)cc2)n(-c2ccc(C(=O)NCC(C)C)cc2)n1. The van der Waals surface area contributed by atoms with Gasteiger partial charge in [-0.2, -0.15) is 5.10 Å². The monoisotopic (exact) mass is 425 g/mol. The molecular weight excluding hydrogens is 402 g/mol. The number of rotatable bonds is 7. The van der Waals surface area contributed by atoms with Crippen molar-refractivity contribution < 1.29 is 14.3 Å². The summed E-state index contributed by atoms with van der Waals surface area (Å²) in [6, 6.07) is 16.0. The molecule has 30 heavy (non-hydrogen) atoms. The van der Waals surface area contributed by atoms with E-state index in [1.807, 2.05) is 26.0 Å². The summed E-state index contributed by atoms with van der Waals surface area (Å²) in [5, 5.41) is 7.96. The van der Waals surface area contributed by atoms with E-state index in [0.717, 1.165) is 11.3 Å². The van der Waals surface area contributed by atoms with Crippen LogP contribution in [0, 0.1) is 5.92 Å². The highest BCUT2D eigenvalue weighted by Gasteiger charge is 2.18. The molecule has 0 saturated heterocycles. The van der Waals surface area contributed by atoms with E-state index in [4.69, 9.17) is 16.3 Å². The number of nitrogens with one attached hydrogen (secondary N) is 1. The first-order valence-electron chi connectivity index (χ1n) is 9.80. The maximum atomic E-state index is 12.3. The molecule has 1 amide bonds. The third-order valence-corrected chi connectivity index (χ3v) is 4.63. The summed E-state index contributed by atoms with van der Waals surface area (Å²) < 4.78 is 6.75. The highest BCUT2D eigenvalue weighted by Crippen LogP contribution is 2.26. The predicted octanol–water partition coefficient (Wildman–Crippen LogP) is 4.76. The van der Waals surface area contributed by atoms with E-state index in [9.17, 15) is 9.59 Å². The molecule has 0 atom stereocenters. The van der Waals surface area contributed by atoms with Gasteiger partial charge < -0.3 is 10.1 Å². The van der Waals surface area contributed by atoms with Crippen molar-refractivity contribution in [3.8, 4) is 16.9 Å². The highest BCUT2D eigenvalue weighted by atomic mass is 35.5. The van der Waals surface area contributed by atoms with Crippen molar-refractivity contribution >= 4 is 23.5 Å². The van der Waals surface area contributed by atoms with E-state index < -0.39 is 5.97 Å². The second kappa shape index (κ2) is 9.59. The third-order valence-electron chi connectivity index (χ3n) is 4.38. The van der Waals surface area contributed by atoms with E-state index in [-0.39, 0.29) is 18.2 Å². The van der Waals surface area contributed by atoms with Crippen molar-refractivity contribution in [2.45, 2.75) is 20.8 Å². The summed E-state index contributed by atoms with van der Waals surface area (Å²) in [5.41, 5.74) is 3.05. The van der Waals surface area contributed by atoms with E-state index in [1.54, 1.807) is 54.1 Å². The molecule has 1 heterocycles. The van der Waals surface area contributed by atoms with Crippen molar-refractivity contribution in [2.24, 2.45) is 5.92 Å². The van der Waals surface area contributed by atoms with Crippen LogP contribution in [0.3, 0.4) is 0 Å². The predicted molar refractivity (Wildman–Crippen MR) is 117 cm³/mol. The molecule has 0 unspecified atom stereocenters. The first kappa shape index (κ1) is 21.6. The second-order valence-corrected chi connectivity index (χ2v) is 7.64. The lowest BCUT2D eigenvalue weighted by atomic mass is 10.1. The minimum absolute atomic E-state index is 0.124. The van der Waals surface area contributed by atoms with Gasteiger partial charge in [0.05, 0.1) is 18.0 Å². The maximum absolute atomic E-state index is 12.3. The quantitative estimate of drug-likeness (QED) is 0.554. The zero-order valence-corrected chi connectivity index (χ0v) is 17.9. The first-order valence-corrected chi connectivity index (χ1v) is 10.2. The topological polar surface area (TPSA) is 73.2 Å². The molecule has 6 nitrogen and oxygen atoms in total. The molecule has 0 aliphatic rings. The van der Waals surface area contributed by atoms with Crippen molar-refractivity contribution in [3.63, 3.8) is 0 Å². The molecule has 0 aliphatic heterocycles. The summed E-state index contributed by atoms with van der Waals surface area (Å²) >= 11 is 6.01. The number of hydrogen-bond acceptors (Lipinski definition) is 4. The number of esters is 1. The van der Waals surface area contributed by atoms with Crippen LogP contribution in [0.1, 0.15) is 41.6 Å². The number of amides is 1. The molecule has 156 valence electrons. The summed E-state index contributed by atoms with van der Waals surface area (Å²) in [4.78, 5) is 24.5. The Balaban J connectivity index is 1.96. The Labute approximate surface area is 180 Å². The number of carbonyl (C=O) groups is 2. The minimum atomic E-state index is -0.490. The largest absolute Gasteiger partial charge is 0.461 e. The summed E-state index contributed by atoms with van der Waals surface area (Å²) in [5.74, 6) is -0.238. The normalized spacial score (nSPS) is 10.8. The van der Waals surface area contributed by atoms with Gasteiger partial charge in [0.25, 0.3) is 5.91 Å². The van der Waals surface area contributed by atoms with Gasteiger partial charge in [-0.15, -0.1) is 0 Å². The Morgan fingerprint density at radius 1 is 1.10 bits per heavy atom. The van der Waals surface area contributed by atoms with Crippen molar-refractivity contribution in [2.75, 3.05) is 13.2 Å². The number of carbonyl (C=O) groups excluding carboxylic acids is 2. The third kappa shape index (κ3) is 5.07. The number of benzene rings is 2. The molecule has 3 aromatic rings. The fourth-order valence-corrected chi connectivity index (χ4v) is 2.99. The van der Waals surface area contributed by atoms with Crippen LogP contribution in [-0.2, 0) is 4.74 Å². The molecule has 1 aromatic heterocycles. The zero-order valence-electron chi connectivity index (χ0n) is 17.2. The molecule has 2 aromatic carbocycles. The molecule has 7 heteroatoms. The van der Waals surface area contributed by atoms with Gasteiger partial charge in [0.2, 0.25) is 0 Å². The van der Waals surface area contributed by atoms with Crippen molar-refractivity contribution in [3.05, 3.63) is 70.9 Å². The summed E-state index contributed by atoms with van der Waals surface area (Å²) in [7, 11) is 0. The van der Waals surface area contributed by atoms with E-state index in [1.165, 1.54) is 0 Å². The molecule has 0 radical (unpaired) electrons. The summed E-state index contributed by atoms with van der Waals surface area (Å²) in [6.07, 6.45) is 0. The van der Waals surface area contributed by atoms with E-state index >= 15 is 0 Å². The summed E-state index contributed by atoms with van der Waals surface area (Å²) in [6.45, 7) is 6.71. The molecular formula is C23H24ClN3O3. The number of nitrogens with zero attached hydrogens (tertiary/aromatic N) is 2. The maximum Gasteiger partial charge on any atom is 0.358 e. The van der Waals surface area contributed by atoms with Gasteiger partial charge in [-0.1, -0.05) is 37.6 Å². The Kier molecular flexibility index (Phi) is 6.90. The van der Waals surface area contributed by atoms with Crippen LogP contribution in [-0.4, -0.2) is 34.8 Å². The van der Waals surface area contributed by atoms with Gasteiger partial charge in [-0.25, -0.2) is 9.48 Å². The van der Waals surface area contributed by atoms with Crippen LogP contribution < -0.4 is 5.32 Å². The van der Waals surface area contributed by atoms with E-state index in [2.05, 4.69) is 10.4 Å². The Hall–Kier alpha value is -3.12. The lowest BCUT2D eigenvalue weighted by Gasteiger charge is -2.10. The number of halogens is 1. The molecule has 0 spiro atoms. The number of ether oxygens (including phenoxy) is 1. The second-order valence-electron chi connectivity index (χ2n) is 7.20. The first-order chi connectivity index (χ1) is 14.4. The van der Waals surface area contributed by atoms with Crippen LogP contribution in [0.15, 0.2) is 54.6 Å². The average molecular weight is 426 g/mol. The Morgan fingerprint density at radius 3 is 2.37 bits per heavy atom. The standard InChI is InChI=1S/C23H24ClN3O3/c1-4-30-23(29)20-13-21(16-5-9-18(24)10-6-16)27(26-20)19-11-7-17(8-12-19)22(28)25-14-15(2)3/h5-13,15H,4,14H2,1-3H3,(H,25,28). The van der Waals surface area contributed by atoms with Gasteiger partial charge in [-0.05, 0) is 55.3 Å². The van der Waals surface area contributed by atoms with Crippen molar-refractivity contribution in [1.82, 2.24) is 15.1 Å². The van der Waals surface area contributed by atoms with Crippen LogP contribution in [0.25, 0.3) is 16.9 Å². The fourth-order valence-electron chi connectivity index (χ4n) is 2.86. The minimum Gasteiger partial charge on any atom is -0.461 e. The fraction of sp³-hybridized carbons (Fsp3) is 0.261. The molecule has 1 N–H and O–H groups in total. The molecule has 3 rings (SSSR count). The van der Waals surface area contributed by atoms with Gasteiger partial charge in [-0.3, -0.25) is 4.79 Å². The molecule has 0 bridgehead atoms. The Morgan fingerprint density at radius 2 is 1.77 bits per heavy atom. The average Bonchev–Trinajstić information content (AvgIpc) is 3.18. The van der Waals surface area contributed by atoms with Crippen molar-refractivity contribution in [1.29, 1.82) is 0 Å². The van der Waals surface area contributed by atoms with Gasteiger partial charge in [0.1, 0.15) is 0 Å². The van der Waals surface area contributed by atoms with Gasteiger partial charge in [0.15, 0.2) is 5.69 Å². The molecule has 0 fully saturated rings. The van der Waals surface area contributed by atoms with Crippen LogP contribution >= 0.6 is 11.6 Å². The van der Waals surface area contributed by atoms with Crippen LogP contribution in [0.5, 0.6) is 0 Å². The smallest absolute Gasteiger partial charge is 0.358 e. The lowest BCUT2D eigenvalue weighted by Crippen LogP contribution is -2.27. The number of hydrogen-bond donors (Lipinski definition) is 1. The molecule has 0 aliphatic carbocycles. The lowest BCUT2D eigenvalue weighted by molar-refractivity contribution is 0.0519. The van der Waals surface area contributed by atoms with Crippen LogP contribution in [0.4, 0.5) is 0 Å². The highest BCUT2D eigenvalue weighted by molar-refractivity contribution is 6.30. The van der Waals surface area contributed by atoms with E-state index in [0.29, 0.717) is 28.7 Å². The number of aromatic nitrogens is 2. The zero-order chi connectivity index (χ0) is 21.7. The van der Waals surface area contributed by atoms with Gasteiger partial charge in [0, 0.05) is 22.7 Å².